The van der Waals surface area contributed by atoms with Crippen LogP contribution < -0.4 is 15.4 Å². The Morgan fingerprint density at radius 2 is 1.72 bits per heavy atom. The van der Waals surface area contributed by atoms with Gasteiger partial charge < -0.3 is 30.0 Å². The Morgan fingerprint density at radius 3 is 2.36 bits per heavy atom. The van der Waals surface area contributed by atoms with E-state index in [9.17, 15) is 24.3 Å². The molecule has 0 aromatic heterocycles. The summed E-state index contributed by atoms with van der Waals surface area (Å²) in [6.45, 7) is 6.91. The van der Waals surface area contributed by atoms with E-state index >= 15 is 0 Å². The Morgan fingerprint density at radius 1 is 1.02 bits per heavy atom. The Balaban J connectivity index is 1.92. The molecule has 7 atom stereocenters. The molecule has 0 aliphatic carbocycles. The number of aliphatic hydroxyl groups is 1. The molecule has 2 amide bonds. The zero-order valence-corrected chi connectivity index (χ0v) is 28.8. The molecule has 3 N–H and O–H groups in total. The number of aliphatic hydroxyl groups excluding tert-OH is 1. The van der Waals surface area contributed by atoms with Crippen molar-refractivity contribution in [2.24, 2.45) is 17.8 Å². The summed E-state index contributed by atoms with van der Waals surface area (Å²) in [5, 5.41) is 16.2. The lowest BCUT2D eigenvalue weighted by Crippen LogP contribution is -2.49. The molecule has 1 aliphatic rings. The molecule has 0 radical (unpaired) electrons. The molecule has 10 nitrogen and oxygen atoms in total. The highest BCUT2D eigenvalue weighted by Crippen LogP contribution is 2.32. The summed E-state index contributed by atoms with van der Waals surface area (Å²) in [6.07, 6.45) is -0.230. The average molecular weight is 692 g/mol. The van der Waals surface area contributed by atoms with Gasteiger partial charge in [0.25, 0.3) is 0 Å². The van der Waals surface area contributed by atoms with Crippen molar-refractivity contribution in [3.63, 3.8) is 0 Å². The van der Waals surface area contributed by atoms with Gasteiger partial charge in [-0.15, -0.1) is 11.6 Å². The minimum atomic E-state index is -1.22. The third kappa shape index (κ3) is 11.3. The van der Waals surface area contributed by atoms with E-state index in [-0.39, 0.29) is 31.7 Å². The summed E-state index contributed by atoms with van der Waals surface area (Å²) >= 11 is 12.9. The Hall–Kier alpha value is -3.60. The van der Waals surface area contributed by atoms with Gasteiger partial charge in [0, 0.05) is 25.3 Å². The summed E-state index contributed by atoms with van der Waals surface area (Å²) < 4.78 is 16.7. The maximum absolute atomic E-state index is 13.5. The van der Waals surface area contributed by atoms with Crippen molar-refractivity contribution in [1.29, 1.82) is 0 Å². The Bertz CT molecular complexity index is 1400. The number of methoxy groups -OCH3 is 1. The molecular formula is C35H44Cl2N2O8. The lowest BCUT2D eigenvalue weighted by Gasteiger charge is -2.31. The summed E-state index contributed by atoms with van der Waals surface area (Å²) in [6, 6.07) is 13.0. The van der Waals surface area contributed by atoms with Crippen molar-refractivity contribution in [2.75, 3.05) is 13.7 Å². The first-order chi connectivity index (χ1) is 22.3. The number of carbonyl (C=O) groups is 4. The maximum Gasteiger partial charge on any atom is 0.347 e. The highest BCUT2D eigenvalue weighted by atomic mass is 35.5. The number of halogens is 2. The van der Waals surface area contributed by atoms with E-state index in [1.807, 2.05) is 19.9 Å². The number of hydrogen-bond acceptors (Lipinski definition) is 8. The quantitative estimate of drug-likeness (QED) is 0.249. The first kappa shape index (κ1) is 37.9. The molecule has 12 heteroatoms. The normalized spacial score (nSPS) is 24.3. The van der Waals surface area contributed by atoms with Crippen molar-refractivity contribution in [3.8, 4) is 5.75 Å². The molecule has 1 unspecified atom stereocenters. The number of hydrogen-bond donors (Lipinski definition) is 3. The minimum Gasteiger partial charge on any atom is -0.495 e. The molecule has 3 rings (SSSR count). The molecule has 0 saturated carbocycles. The molecule has 47 heavy (non-hydrogen) atoms. The second kappa shape index (κ2) is 18.1. The van der Waals surface area contributed by atoms with Crippen LogP contribution in [0.25, 0.3) is 0 Å². The monoisotopic (exact) mass is 690 g/mol. The third-order valence-electron chi connectivity index (χ3n) is 7.93. The lowest BCUT2D eigenvalue weighted by atomic mass is 9.90. The smallest absolute Gasteiger partial charge is 0.347 e. The number of esters is 2. The molecule has 0 fully saturated rings. The van der Waals surface area contributed by atoms with Crippen LogP contribution in [0.3, 0.4) is 0 Å². The number of rotatable bonds is 9. The van der Waals surface area contributed by atoms with Gasteiger partial charge >= 0.3 is 11.9 Å². The van der Waals surface area contributed by atoms with Crippen molar-refractivity contribution >= 4 is 47.0 Å². The molecular weight excluding hydrogens is 647 g/mol. The van der Waals surface area contributed by atoms with Crippen LogP contribution in [-0.2, 0) is 35.1 Å². The molecule has 0 saturated heterocycles. The fourth-order valence-electron chi connectivity index (χ4n) is 5.06. The van der Waals surface area contributed by atoms with Crippen molar-refractivity contribution in [3.05, 3.63) is 76.8 Å². The second-order valence-corrected chi connectivity index (χ2v) is 13.1. The van der Waals surface area contributed by atoms with Gasteiger partial charge in [0.05, 0.1) is 29.5 Å². The highest BCUT2D eigenvalue weighted by molar-refractivity contribution is 6.32. The molecule has 2 aromatic rings. The van der Waals surface area contributed by atoms with E-state index < -0.39 is 65.3 Å². The Kier molecular flexibility index (Phi) is 14.6. The first-order valence-electron chi connectivity index (χ1n) is 15.7. The van der Waals surface area contributed by atoms with E-state index in [0.717, 1.165) is 0 Å². The van der Waals surface area contributed by atoms with Crippen LogP contribution >= 0.6 is 23.2 Å². The summed E-state index contributed by atoms with van der Waals surface area (Å²) in [7, 11) is 1.49. The predicted octanol–water partition coefficient (Wildman–Crippen LogP) is 4.93. The zero-order chi connectivity index (χ0) is 34.7. The molecule has 0 spiro atoms. The number of alkyl halides is 1. The van der Waals surface area contributed by atoms with Crippen molar-refractivity contribution in [1.82, 2.24) is 10.6 Å². The van der Waals surface area contributed by atoms with E-state index in [1.54, 1.807) is 56.3 Å². The van der Waals surface area contributed by atoms with Crippen LogP contribution in [0.15, 0.2) is 60.7 Å². The first-order valence-corrected chi connectivity index (χ1v) is 16.5. The van der Waals surface area contributed by atoms with Gasteiger partial charge in [0.2, 0.25) is 11.8 Å². The van der Waals surface area contributed by atoms with E-state index in [2.05, 4.69) is 10.6 Å². The standard InChI is InChI=1S/C35H44Cl2N2O8/c1-20(2)16-29-35(44)46-27(22(4)32(41)31(37)24-10-7-6-8-11-24)12-9-13-30(40)39-26(33(42)38-19-21(3)34(43)47-29)18-23-14-15-28(45-5)25(36)17-23/h6-11,13-15,17,20-22,26-27,29,31-32,41H,12,16,18-19H2,1-5H3,(H,38,42)(H,39,40)/b13-9+/t21-,22+,26-,27?,29+,31+,32-/m1/s1. The largest absolute Gasteiger partial charge is 0.495 e. The summed E-state index contributed by atoms with van der Waals surface area (Å²) in [5.74, 6) is -3.64. The second-order valence-electron chi connectivity index (χ2n) is 12.2. The van der Waals surface area contributed by atoms with Crippen LogP contribution in [0, 0.1) is 17.8 Å². The van der Waals surface area contributed by atoms with Gasteiger partial charge in [-0.05, 0) is 41.7 Å². The van der Waals surface area contributed by atoms with Gasteiger partial charge in [-0.2, -0.15) is 0 Å². The summed E-state index contributed by atoms with van der Waals surface area (Å²) in [4.78, 5) is 52.9. The molecule has 1 aliphatic heterocycles. The topological polar surface area (TPSA) is 140 Å². The van der Waals surface area contributed by atoms with Crippen LogP contribution in [0.1, 0.15) is 57.0 Å². The van der Waals surface area contributed by atoms with Crippen LogP contribution in [-0.4, -0.2) is 66.9 Å². The Labute approximate surface area is 286 Å². The number of ether oxygens (including phenoxy) is 3. The summed E-state index contributed by atoms with van der Waals surface area (Å²) in [5.41, 5.74) is 1.36. The van der Waals surface area contributed by atoms with Crippen LogP contribution in [0.5, 0.6) is 5.75 Å². The van der Waals surface area contributed by atoms with Gasteiger partial charge in [0.1, 0.15) is 17.9 Å². The lowest BCUT2D eigenvalue weighted by molar-refractivity contribution is -0.177. The third-order valence-corrected chi connectivity index (χ3v) is 8.73. The van der Waals surface area contributed by atoms with E-state index in [4.69, 9.17) is 37.4 Å². The van der Waals surface area contributed by atoms with Gasteiger partial charge in [-0.3, -0.25) is 14.4 Å². The van der Waals surface area contributed by atoms with Crippen molar-refractivity contribution in [2.45, 2.75) is 76.7 Å². The van der Waals surface area contributed by atoms with Gasteiger partial charge in [-0.1, -0.05) is 81.8 Å². The number of benzene rings is 2. The van der Waals surface area contributed by atoms with E-state index in [0.29, 0.717) is 21.9 Å². The number of amides is 2. The SMILES string of the molecule is COc1ccc(C[C@H]2NC(=O)/C=C/CC([C@H](C)[C@@H](O)[C@@H](Cl)c3ccccc3)OC(=O)[C@H](CC(C)C)OC(=O)[C@H](C)CNC2=O)cc1Cl. The molecule has 0 bridgehead atoms. The average Bonchev–Trinajstić information content (AvgIpc) is 3.04. The molecule has 256 valence electrons. The van der Waals surface area contributed by atoms with Gasteiger partial charge in [0.15, 0.2) is 6.10 Å². The maximum atomic E-state index is 13.5. The minimum absolute atomic E-state index is 0.0245. The van der Waals surface area contributed by atoms with Gasteiger partial charge in [-0.25, -0.2) is 4.79 Å². The van der Waals surface area contributed by atoms with Crippen LogP contribution in [0.2, 0.25) is 5.02 Å². The van der Waals surface area contributed by atoms with Crippen LogP contribution in [0.4, 0.5) is 0 Å². The fourth-order valence-corrected chi connectivity index (χ4v) is 5.72. The highest BCUT2D eigenvalue weighted by Gasteiger charge is 2.36. The number of cyclic esters (lactones) is 2. The molecule has 2 aromatic carbocycles. The van der Waals surface area contributed by atoms with E-state index in [1.165, 1.54) is 19.3 Å². The zero-order valence-electron chi connectivity index (χ0n) is 27.3. The fraction of sp³-hybridized carbons (Fsp3) is 0.486. The predicted molar refractivity (Wildman–Crippen MR) is 179 cm³/mol. The number of carbonyl (C=O) groups excluding carboxylic acids is 4. The molecule has 1 heterocycles. The van der Waals surface area contributed by atoms with Crippen molar-refractivity contribution < 1.29 is 38.5 Å². The number of nitrogens with one attached hydrogen (secondary N) is 2.